The Morgan fingerprint density at radius 1 is 0.946 bits per heavy atom. The highest BCUT2D eigenvalue weighted by atomic mass is 35.5. The van der Waals surface area contributed by atoms with Crippen LogP contribution in [0.25, 0.3) is 33.1 Å². The molecule has 0 saturated heterocycles. The first-order valence-corrected chi connectivity index (χ1v) is 11.5. The fraction of sp³-hybridized carbons (Fsp3) is 0.107. The van der Waals surface area contributed by atoms with Gasteiger partial charge in [0.15, 0.2) is 5.43 Å². The molecule has 0 bridgehead atoms. The number of methoxy groups -OCH3 is 1. The van der Waals surface area contributed by atoms with E-state index in [1.807, 2.05) is 0 Å². The number of halogens is 1. The van der Waals surface area contributed by atoms with Gasteiger partial charge in [-0.15, -0.1) is 0 Å². The maximum Gasteiger partial charge on any atom is 0.306 e. The summed E-state index contributed by atoms with van der Waals surface area (Å²) in [5, 5.41) is 21.1. The highest BCUT2D eigenvalue weighted by Crippen LogP contribution is 2.39. The van der Waals surface area contributed by atoms with Crippen molar-refractivity contribution in [3.8, 4) is 22.6 Å². The summed E-state index contributed by atoms with van der Waals surface area (Å²) in [4.78, 5) is 39.3. The number of rotatable bonds is 5. The molecule has 2 heterocycles. The van der Waals surface area contributed by atoms with Crippen LogP contribution in [0.15, 0.2) is 85.5 Å². The van der Waals surface area contributed by atoms with Gasteiger partial charge in [-0.3, -0.25) is 14.4 Å². The minimum absolute atomic E-state index is 0.00650. The van der Waals surface area contributed by atoms with E-state index in [1.165, 1.54) is 50.0 Å². The Balaban J connectivity index is 1.77. The maximum absolute atomic E-state index is 13.5. The van der Waals surface area contributed by atoms with E-state index in [-0.39, 0.29) is 51.0 Å². The molecule has 5 rings (SSSR count). The molecule has 0 aliphatic heterocycles. The Labute approximate surface area is 213 Å². The van der Waals surface area contributed by atoms with Crippen LogP contribution in [0.5, 0.6) is 11.5 Å². The predicted molar refractivity (Wildman–Crippen MR) is 137 cm³/mol. The summed E-state index contributed by atoms with van der Waals surface area (Å²) in [5.41, 5.74) is 0.294. The molecule has 186 valence electrons. The van der Waals surface area contributed by atoms with Crippen molar-refractivity contribution in [1.29, 1.82) is 0 Å². The van der Waals surface area contributed by atoms with Gasteiger partial charge in [-0.1, -0.05) is 23.7 Å². The number of hydrogen-bond acceptors (Lipinski definition) is 8. The van der Waals surface area contributed by atoms with E-state index in [4.69, 9.17) is 25.2 Å². The first kappa shape index (κ1) is 24.1. The molecule has 0 radical (unpaired) electrons. The highest BCUT2D eigenvalue weighted by molar-refractivity contribution is 6.31. The van der Waals surface area contributed by atoms with Gasteiger partial charge in [0, 0.05) is 22.1 Å². The zero-order chi connectivity index (χ0) is 26.3. The van der Waals surface area contributed by atoms with Crippen molar-refractivity contribution >= 4 is 39.5 Å². The zero-order valence-electron chi connectivity index (χ0n) is 19.4. The highest BCUT2D eigenvalue weighted by Gasteiger charge is 2.29. The van der Waals surface area contributed by atoms with Crippen LogP contribution >= 0.6 is 11.6 Å². The number of aromatic hydroxyl groups is 2. The molecule has 0 aliphatic carbocycles. The van der Waals surface area contributed by atoms with Gasteiger partial charge in [0.25, 0.3) is 0 Å². The summed E-state index contributed by atoms with van der Waals surface area (Å²) in [6.45, 7) is 0. The van der Waals surface area contributed by atoms with Crippen LogP contribution in [-0.2, 0) is 9.53 Å². The van der Waals surface area contributed by atoms with E-state index >= 15 is 0 Å². The topological polar surface area (TPSA) is 127 Å². The third kappa shape index (κ3) is 4.32. The van der Waals surface area contributed by atoms with Gasteiger partial charge in [0.2, 0.25) is 5.43 Å². The molecule has 0 saturated carbocycles. The van der Waals surface area contributed by atoms with Crippen molar-refractivity contribution in [3.63, 3.8) is 0 Å². The number of benzene rings is 3. The first-order chi connectivity index (χ1) is 17.8. The third-order valence-corrected chi connectivity index (χ3v) is 6.45. The van der Waals surface area contributed by atoms with Crippen molar-refractivity contribution in [2.75, 3.05) is 7.11 Å². The number of phenolic OH excluding ortho intramolecular Hbond substituents is 2. The molecule has 0 fully saturated rings. The van der Waals surface area contributed by atoms with E-state index in [1.54, 1.807) is 24.3 Å². The van der Waals surface area contributed by atoms with E-state index < -0.39 is 22.7 Å². The quantitative estimate of drug-likeness (QED) is 0.299. The lowest BCUT2D eigenvalue weighted by atomic mass is 9.86. The van der Waals surface area contributed by atoms with Gasteiger partial charge in [-0.2, -0.15) is 0 Å². The Morgan fingerprint density at radius 2 is 1.70 bits per heavy atom. The monoisotopic (exact) mass is 518 g/mol. The van der Waals surface area contributed by atoms with Crippen LogP contribution in [0.4, 0.5) is 0 Å². The Morgan fingerprint density at radius 3 is 2.43 bits per heavy atom. The summed E-state index contributed by atoms with van der Waals surface area (Å²) in [7, 11) is 1.20. The van der Waals surface area contributed by atoms with Crippen LogP contribution in [-0.4, -0.2) is 23.3 Å². The smallest absolute Gasteiger partial charge is 0.306 e. The molecule has 0 aliphatic rings. The molecule has 5 aromatic rings. The molecule has 3 aromatic carbocycles. The second-order valence-corrected chi connectivity index (χ2v) is 8.83. The largest absolute Gasteiger partial charge is 0.508 e. The normalized spacial score (nSPS) is 12.1. The number of carbonyl (C=O) groups excluding carboxylic acids is 1. The average Bonchev–Trinajstić information content (AvgIpc) is 2.89. The van der Waals surface area contributed by atoms with E-state index in [2.05, 4.69) is 0 Å². The fourth-order valence-electron chi connectivity index (χ4n) is 4.36. The summed E-state index contributed by atoms with van der Waals surface area (Å²) < 4.78 is 16.4. The number of fused-ring (bicyclic) bond motifs is 2. The summed E-state index contributed by atoms with van der Waals surface area (Å²) >= 11 is 6.08. The van der Waals surface area contributed by atoms with Gasteiger partial charge < -0.3 is 23.8 Å². The van der Waals surface area contributed by atoms with Crippen molar-refractivity contribution in [1.82, 2.24) is 0 Å². The Kier molecular flexibility index (Phi) is 6.19. The molecule has 8 nitrogen and oxygen atoms in total. The van der Waals surface area contributed by atoms with Crippen LogP contribution in [0, 0.1) is 0 Å². The van der Waals surface area contributed by atoms with E-state index in [0.29, 0.717) is 16.2 Å². The predicted octanol–water partition coefficient (Wildman–Crippen LogP) is 5.33. The minimum Gasteiger partial charge on any atom is -0.508 e. The molecule has 2 aromatic heterocycles. The van der Waals surface area contributed by atoms with Crippen LogP contribution in [0.3, 0.4) is 0 Å². The number of hydrogen-bond donors (Lipinski definition) is 2. The maximum atomic E-state index is 13.5. The van der Waals surface area contributed by atoms with Gasteiger partial charge in [0.1, 0.15) is 28.9 Å². The second kappa shape index (κ2) is 9.48. The first-order valence-electron chi connectivity index (χ1n) is 11.1. The molecular formula is C28H19ClO8. The summed E-state index contributed by atoms with van der Waals surface area (Å²) in [5.74, 6) is -1.97. The molecule has 37 heavy (non-hydrogen) atoms. The second-order valence-electron chi connectivity index (χ2n) is 8.39. The van der Waals surface area contributed by atoms with Gasteiger partial charge in [-0.25, -0.2) is 0 Å². The van der Waals surface area contributed by atoms with Crippen LogP contribution in [0.1, 0.15) is 23.5 Å². The van der Waals surface area contributed by atoms with Crippen LogP contribution in [0.2, 0.25) is 5.02 Å². The average molecular weight is 519 g/mol. The lowest BCUT2D eigenvalue weighted by Crippen LogP contribution is -2.19. The van der Waals surface area contributed by atoms with Crippen molar-refractivity contribution in [3.05, 3.63) is 104 Å². The van der Waals surface area contributed by atoms with Gasteiger partial charge >= 0.3 is 5.97 Å². The summed E-state index contributed by atoms with van der Waals surface area (Å²) in [6, 6.07) is 13.3. The Bertz CT molecular complexity index is 1780. The van der Waals surface area contributed by atoms with Crippen molar-refractivity contribution in [2.24, 2.45) is 0 Å². The lowest BCUT2D eigenvalue weighted by molar-refractivity contribution is -0.140. The number of carbonyl (C=O) groups is 1. The minimum atomic E-state index is -1.07. The lowest BCUT2D eigenvalue weighted by Gasteiger charge is -2.19. The van der Waals surface area contributed by atoms with E-state index in [0.717, 1.165) is 0 Å². The zero-order valence-corrected chi connectivity index (χ0v) is 20.1. The SMILES string of the molecule is COC(=O)C[C@@H](c1coc2ccc(Cl)cc2c1=O)c1c(O)ccc2c(=O)c(-c3ccc(O)cc3)coc12. The van der Waals surface area contributed by atoms with Crippen molar-refractivity contribution < 1.29 is 28.6 Å². The molecule has 2 N–H and O–H groups in total. The number of phenols is 2. The molecule has 0 unspecified atom stereocenters. The molecule has 0 amide bonds. The Hall–Kier alpha value is -4.56. The van der Waals surface area contributed by atoms with E-state index in [9.17, 15) is 24.6 Å². The van der Waals surface area contributed by atoms with Crippen LogP contribution < -0.4 is 10.9 Å². The number of esters is 1. The summed E-state index contributed by atoms with van der Waals surface area (Å²) in [6.07, 6.45) is 2.11. The third-order valence-electron chi connectivity index (χ3n) is 6.22. The van der Waals surface area contributed by atoms with Gasteiger partial charge in [0.05, 0.1) is 36.1 Å². The fourth-order valence-corrected chi connectivity index (χ4v) is 4.54. The van der Waals surface area contributed by atoms with Gasteiger partial charge in [-0.05, 0) is 48.0 Å². The molecule has 9 heteroatoms. The van der Waals surface area contributed by atoms with Crippen molar-refractivity contribution in [2.45, 2.75) is 12.3 Å². The molecular weight excluding hydrogens is 500 g/mol. The standard InChI is InChI=1S/C28H19ClO8/c1-35-24(32)11-18(21-13-36-23-9-4-15(29)10-19(23)27(21)34)25-22(31)8-7-17-26(33)20(12-37-28(17)25)14-2-5-16(30)6-3-14/h2-10,12-13,18,30-31H,11H2,1H3/t18-/m0/s1. The molecule has 0 spiro atoms. The number of ether oxygens (including phenoxy) is 1. The molecule has 1 atom stereocenters.